The molecule has 0 unspecified atom stereocenters. The monoisotopic (exact) mass is 411 g/mol. The highest BCUT2D eigenvalue weighted by molar-refractivity contribution is 5.79. The maximum absolute atomic E-state index is 5.07. The van der Waals surface area contributed by atoms with E-state index in [-0.39, 0.29) is 0 Å². The molecule has 1 nitrogen and oxygen atoms in total. The third kappa shape index (κ3) is 4.10. The number of aryl methyl sites for hydroxylation is 2. The smallest absolute Gasteiger partial charge is 0.0715 e. The van der Waals surface area contributed by atoms with Crippen molar-refractivity contribution < 1.29 is 0 Å². The fourth-order valence-corrected chi connectivity index (χ4v) is 4.13. The Morgan fingerprint density at radius 2 is 1.03 bits per heavy atom. The zero-order chi connectivity index (χ0) is 21.9. The first-order valence-corrected chi connectivity index (χ1v) is 11.0. The van der Waals surface area contributed by atoms with Crippen molar-refractivity contribution in [2.45, 2.75) is 13.8 Å². The van der Waals surface area contributed by atoms with E-state index in [1.807, 2.05) is 6.07 Å². The summed E-state index contributed by atoms with van der Waals surface area (Å²) in [5, 5.41) is 0. The van der Waals surface area contributed by atoms with E-state index in [1.165, 1.54) is 33.4 Å². The first-order valence-electron chi connectivity index (χ1n) is 11.0. The van der Waals surface area contributed by atoms with Crippen LogP contribution < -0.4 is 0 Å². The van der Waals surface area contributed by atoms with Gasteiger partial charge >= 0.3 is 0 Å². The average Bonchev–Trinajstić information content (AvgIpc) is 2.86. The van der Waals surface area contributed by atoms with Crippen molar-refractivity contribution in [3.8, 4) is 44.8 Å². The molecule has 1 aromatic heterocycles. The van der Waals surface area contributed by atoms with Crippen LogP contribution in [0.4, 0.5) is 0 Å². The Hall–Kier alpha value is -3.97. The van der Waals surface area contributed by atoms with Crippen LogP contribution in [0.1, 0.15) is 11.1 Å². The molecule has 0 spiro atoms. The van der Waals surface area contributed by atoms with Crippen molar-refractivity contribution in [2.24, 2.45) is 0 Å². The third-order valence-corrected chi connectivity index (χ3v) is 5.86. The van der Waals surface area contributed by atoms with E-state index in [2.05, 4.69) is 123 Å². The first-order chi connectivity index (χ1) is 15.7. The quantitative estimate of drug-likeness (QED) is 0.289. The van der Waals surface area contributed by atoms with Gasteiger partial charge in [-0.15, -0.1) is 0 Å². The van der Waals surface area contributed by atoms with Crippen LogP contribution in [0, 0.1) is 13.8 Å². The molecule has 0 bridgehead atoms. The van der Waals surface area contributed by atoms with Crippen molar-refractivity contribution >= 4 is 0 Å². The highest BCUT2D eigenvalue weighted by atomic mass is 14.7. The molecule has 0 aliphatic heterocycles. The summed E-state index contributed by atoms with van der Waals surface area (Å²) in [6.07, 6.45) is 0. The first kappa shape index (κ1) is 20.0. The molecule has 0 atom stereocenters. The highest BCUT2D eigenvalue weighted by Crippen LogP contribution is 2.33. The van der Waals surface area contributed by atoms with Crippen LogP contribution in [0.25, 0.3) is 44.8 Å². The Kier molecular flexibility index (Phi) is 5.39. The minimum atomic E-state index is 0.984. The molecule has 1 heterocycles. The summed E-state index contributed by atoms with van der Waals surface area (Å²) in [6, 6.07) is 40.7. The van der Waals surface area contributed by atoms with Crippen LogP contribution in [0.3, 0.4) is 0 Å². The Morgan fingerprint density at radius 1 is 0.438 bits per heavy atom. The second-order valence-corrected chi connectivity index (χ2v) is 8.26. The number of aromatic nitrogens is 1. The van der Waals surface area contributed by atoms with E-state index in [4.69, 9.17) is 4.98 Å². The number of hydrogen-bond donors (Lipinski definition) is 0. The molecule has 0 fully saturated rings. The second-order valence-electron chi connectivity index (χ2n) is 8.26. The van der Waals surface area contributed by atoms with Gasteiger partial charge in [0.25, 0.3) is 0 Å². The predicted molar refractivity (Wildman–Crippen MR) is 135 cm³/mol. The summed E-state index contributed by atoms with van der Waals surface area (Å²) in [4.78, 5) is 5.07. The zero-order valence-electron chi connectivity index (χ0n) is 18.4. The predicted octanol–water partition coefficient (Wildman–Crippen LogP) is 8.37. The fraction of sp³-hybridized carbons (Fsp3) is 0.0645. The lowest BCUT2D eigenvalue weighted by Crippen LogP contribution is -1.92. The summed E-state index contributed by atoms with van der Waals surface area (Å²) < 4.78 is 0. The lowest BCUT2D eigenvalue weighted by Gasteiger charge is -2.12. The Labute approximate surface area is 190 Å². The van der Waals surface area contributed by atoms with E-state index >= 15 is 0 Å². The number of pyridine rings is 1. The van der Waals surface area contributed by atoms with Gasteiger partial charge in [-0.3, -0.25) is 0 Å². The Balaban J connectivity index is 1.67. The SMILES string of the molecule is Cc1ccc(C)c(-c2cccc(-c3cc(-c4ccccc4)cc(-c4ccccc4)n3)c2)c1. The molecule has 1 heteroatoms. The van der Waals surface area contributed by atoms with Gasteiger partial charge in [0.05, 0.1) is 11.4 Å². The van der Waals surface area contributed by atoms with Gasteiger partial charge in [0.1, 0.15) is 0 Å². The van der Waals surface area contributed by atoms with Crippen molar-refractivity contribution in [3.05, 3.63) is 126 Å². The van der Waals surface area contributed by atoms with Gasteiger partial charge < -0.3 is 0 Å². The largest absolute Gasteiger partial charge is 0.248 e. The van der Waals surface area contributed by atoms with Crippen molar-refractivity contribution in [1.29, 1.82) is 0 Å². The number of benzene rings is 4. The van der Waals surface area contributed by atoms with Crippen LogP contribution in [0.5, 0.6) is 0 Å². The van der Waals surface area contributed by atoms with Gasteiger partial charge in [0.15, 0.2) is 0 Å². The molecule has 0 N–H and O–H groups in total. The van der Waals surface area contributed by atoms with Gasteiger partial charge in [0.2, 0.25) is 0 Å². The van der Waals surface area contributed by atoms with E-state index in [0.717, 1.165) is 22.5 Å². The van der Waals surface area contributed by atoms with Gasteiger partial charge in [-0.25, -0.2) is 4.98 Å². The summed E-state index contributed by atoms with van der Waals surface area (Å²) in [5.74, 6) is 0. The molecule has 0 aliphatic carbocycles. The summed E-state index contributed by atoms with van der Waals surface area (Å²) >= 11 is 0. The van der Waals surface area contributed by atoms with Gasteiger partial charge in [-0.05, 0) is 59.9 Å². The summed E-state index contributed by atoms with van der Waals surface area (Å²) in [7, 11) is 0. The zero-order valence-corrected chi connectivity index (χ0v) is 18.4. The number of rotatable bonds is 4. The molecule has 0 saturated carbocycles. The molecule has 0 aliphatic rings. The number of nitrogens with zero attached hydrogens (tertiary/aromatic N) is 1. The minimum Gasteiger partial charge on any atom is -0.248 e. The van der Waals surface area contributed by atoms with E-state index in [0.29, 0.717) is 0 Å². The molecular formula is C31H25N. The molecule has 0 saturated heterocycles. The third-order valence-electron chi connectivity index (χ3n) is 5.86. The van der Waals surface area contributed by atoms with Crippen LogP contribution in [0.2, 0.25) is 0 Å². The second kappa shape index (κ2) is 8.64. The molecule has 154 valence electrons. The highest BCUT2D eigenvalue weighted by Gasteiger charge is 2.10. The van der Waals surface area contributed by atoms with E-state index in [1.54, 1.807) is 0 Å². The summed E-state index contributed by atoms with van der Waals surface area (Å²) in [5.41, 5.74) is 11.6. The van der Waals surface area contributed by atoms with Gasteiger partial charge in [-0.2, -0.15) is 0 Å². The van der Waals surface area contributed by atoms with Gasteiger partial charge in [-0.1, -0.05) is 103 Å². The summed E-state index contributed by atoms with van der Waals surface area (Å²) in [6.45, 7) is 4.31. The Bertz CT molecular complexity index is 1310. The molecule has 32 heavy (non-hydrogen) atoms. The van der Waals surface area contributed by atoms with E-state index in [9.17, 15) is 0 Å². The number of hydrogen-bond acceptors (Lipinski definition) is 1. The van der Waals surface area contributed by atoms with Crippen LogP contribution >= 0.6 is 0 Å². The van der Waals surface area contributed by atoms with Gasteiger partial charge in [0, 0.05) is 11.1 Å². The molecule has 5 aromatic rings. The van der Waals surface area contributed by atoms with Crippen molar-refractivity contribution in [3.63, 3.8) is 0 Å². The maximum atomic E-state index is 5.07. The minimum absolute atomic E-state index is 0.984. The molecule has 0 radical (unpaired) electrons. The molecular weight excluding hydrogens is 386 g/mol. The van der Waals surface area contributed by atoms with Crippen LogP contribution in [-0.4, -0.2) is 4.98 Å². The standard InChI is InChI=1S/C31H25N/c1-22-16-17-23(2)29(18-22)26-14-9-15-27(19-26)31-21-28(24-10-5-3-6-11-24)20-30(32-31)25-12-7-4-8-13-25/h3-21H,1-2H3. The molecule has 5 rings (SSSR count). The van der Waals surface area contributed by atoms with Crippen molar-refractivity contribution in [2.75, 3.05) is 0 Å². The molecule has 0 amide bonds. The topological polar surface area (TPSA) is 12.9 Å². The van der Waals surface area contributed by atoms with Crippen molar-refractivity contribution in [1.82, 2.24) is 4.98 Å². The Morgan fingerprint density at radius 3 is 1.75 bits per heavy atom. The van der Waals surface area contributed by atoms with Crippen LogP contribution in [-0.2, 0) is 0 Å². The fourth-order valence-electron chi connectivity index (χ4n) is 4.13. The molecule has 4 aromatic carbocycles. The lowest BCUT2D eigenvalue weighted by molar-refractivity contribution is 1.32. The average molecular weight is 412 g/mol. The maximum Gasteiger partial charge on any atom is 0.0715 e. The van der Waals surface area contributed by atoms with E-state index < -0.39 is 0 Å². The normalized spacial score (nSPS) is 10.8. The van der Waals surface area contributed by atoms with Crippen LogP contribution in [0.15, 0.2) is 115 Å². The lowest BCUT2D eigenvalue weighted by atomic mass is 9.95.